The maximum Gasteiger partial charge on any atom is 0.310 e. The Hall–Kier alpha value is -1.92. The van der Waals surface area contributed by atoms with E-state index < -0.39 is 0 Å². The molecule has 0 aromatic heterocycles. The average Bonchev–Trinajstić information content (AvgIpc) is 3.63. The largest absolute Gasteiger partial charge is 0.462 e. The van der Waals surface area contributed by atoms with Gasteiger partial charge in [-0.15, -0.1) is 0 Å². The van der Waals surface area contributed by atoms with Crippen molar-refractivity contribution in [2.45, 2.75) is 56.8 Å². The summed E-state index contributed by atoms with van der Waals surface area (Å²) >= 11 is 6.21. The zero-order valence-electron chi connectivity index (χ0n) is 22.4. The van der Waals surface area contributed by atoms with Gasteiger partial charge in [0.2, 0.25) is 0 Å². The number of nitrogens with zero attached hydrogens (tertiary/aromatic N) is 2. The van der Waals surface area contributed by atoms with Gasteiger partial charge in [-0.05, 0) is 66.7 Å². The summed E-state index contributed by atoms with van der Waals surface area (Å²) < 4.78 is 12.2. The van der Waals surface area contributed by atoms with Crippen LogP contribution in [-0.4, -0.2) is 66.8 Å². The highest BCUT2D eigenvalue weighted by atomic mass is 35.5. The minimum Gasteiger partial charge on any atom is -0.462 e. The third-order valence-electron chi connectivity index (χ3n) is 10.6. The Morgan fingerprint density at radius 3 is 2.42 bits per heavy atom. The van der Waals surface area contributed by atoms with E-state index in [1.54, 1.807) is 0 Å². The molecule has 5 fully saturated rings. The smallest absolute Gasteiger partial charge is 0.310 e. The molecule has 1 spiro atoms. The molecule has 3 aliphatic heterocycles. The molecule has 2 aromatic rings. The molecule has 3 unspecified atom stereocenters. The van der Waals surface area contributed by atoms with Crippen molar-refractivity contribution in [2.24, 2.45) is 23.2 Å². The lowest BCUT2D eigenvalue weighted by atomic mass is 9.53. The van der Waals surface area contributed by atoms with Gasteiger partial charge in [0.1, 0.15) is 6.10 Å². The molecule has 2 saturated carbocycles. The van der Waals surface area contributed by atoms with Crippen LogP contribution in [0.3, 0.4) is 0 Å². The van der Waals surface area contributed by atoms with Gasteiger partial charge in [-0.25, -0.2) is 0 Å². The highest BCUT2D eigenvalue weighted by Gasteiger charge is 2.65. The van der Waals surface area contributed by atoms with Crippen molar-refractivity contribution < 1.29 is 14.3 Å². The molecule has 0 bridgehead atoms. The number of piperazine rings is 1. The predicted octanol–water partition coefficient (Wildman–Crippen LogP) is 5.57. The first-order valence-electron chi connectivity index (χ1n) is 14.6. The molecule has 5 aliphatic rings. The zero-order chi connectivity index (χ0) is 25.9. The first-order valence-corrected chi connectivity index (χ1v) is 14.9. The lowest BCUT2D eigenvalue weighted by molar-refractivity contribution is -0.147. The summed E-state index contributed by atoms with van der Waals surface area (Å²) in [5, 5.41) is 0.766. The lowest BCUT2D eigenvalue weighted by Gasteiger charge is -2.51. The number of carbonyl (C=O) groups is 1. The molecule has 6 heteroatoms. The minimum absolute atomic E-state index is 0.00462. The summed E-state index contributed by atoms with van der Waals surface area (Å²) in [4.78, 5) is 18.3. The van der Waals surface area contributed by atoms with Crippen LogP contribution in [0.1, 0.15) is 56.2 Å². The average molecular weight is 535 g/mol. The second-order valence-corrected chi connectivity index (χ2v) is 13.2. The Balaban J connectivity index is 1.04. The molecule has 0 N–H and O–H groups in total. The first kappa shape index (κ1) is 25.1. The molecule has 2 aromatic carbocycles. The van der Waals surface area contributed by atoms with Crippen molar-refractivity contribution in [3.05, 3.63) is 70.7 Å². The summed E-state index contributed by atoms with van der Waals surface area (Å²) in [7, 11) is 0. The molecule has 7 atom stereocenters. The number of esters is 1. The fourth-order valence-electron chi connectivity index (χ4n) is 8.54. The first-order chi connectivity index (χ1) is 18.4. The van der Waals surface area contributed by atoms with Crippen LogP contribution in [-0.2, 0) is 14.3 Å². The van der Waals surface area contributed by atoms with Gasteiger partial charge >= 0.3 is 5.97 Å². The Morgan fingerprint density at radius 2 is 1.71 bits per heavy atom. The molecule has 0 radical (unpaired) electrons. The van der Waals surface area contributed by atoms with E-state index in [4.69, 9.17) is 21.1 Å². The summed E-state index contributed by atoms with van der Waals surface area (Å²) in [5.41, 5.74) is 2.93. The maximum atomic E-state index is 13.2. The normalized spacial score (nSPS) is 37.9. The second kappa shape index (κ2) is 9.62. The van der Waals surface area contributed by atoms with Crippen LogP contribution in [0, 0.1) is 23.2 Å². The van der Waals surface area contributed by atoms with Gasteiger partial charge in [-0.3, -0.25) is 14.6 Å². The standard InChI is InChI=1S/C32H39ClN2O3/c1-31-12-5-13-32(21-37-32)28(31)18-25-26(30(36)38-27(25)19-31)20-34-14-16-35(17-15-34)29(22-6-3-2-4-7-22)23-8-10-24(33)11-9-23/h2-4,6-11,25-29H,5,12-21H2,1H3/t25-,26?,27-,28-,29?,31-,32?/m1/s1. The third kappa shape index (κ3) is 4.40. The van der Waals surface area contributed by atoms with E-state index in [2.05, 4.69) is 59.2 Å². The van der Waals surface area contributed by atoms with Crippen LogP contribution in [0.25, 0.3) is 0 Å². The topological polar surface area (TPSA) is 45.3 Å². The third-order valence-corrected chi connectivity index (χ3v) is 10.9. The summed E-state index contributed by atoms with van der Waals surface area (Å²) in [6.45, 7) is 8.04. The number of halogens is 1. The van der Waals surface area contributed by atoms with Crippen LogP contribution in [0.4, 0.5) is 0 Å². The predicted molar refractivity (Wildman–Crippen MR) is 148 cm³/mol. The molecule has 202 valence electrons. The van der Waals surface area contributed by atoms with E-state index >= 15 is 0 Å². The van der Waals surface area contributed by atoms with E-state index in [0.29, 0.717) is 11.8 Å². The van der Waals surface area contributed by atoms with Crippen LogP contribution in [0.5, 0.6) is 0 Å². The Labute approximate surface area is 231 Å². The SMILES string of the molecule is C[C@]12CCCC3(CO3)[C@@H]1C[C@@H]1C(CN3CCN(C(c4ccccc4)c4ccc(Cl)cc4)CC3)C(=O)O[C@@H]1C2. The van der Waals surface area contributed by atoms with Crippen molar-refractivity contribution >= 4 is 17.6 Å². The molecule has 0 amide bonds. The highest BCUT2D eigenvalue weighted by molar-refractivity contribution is 6.30. The van der Waals surface area contributed by atoms with Gasteiger partial charge in [0, 0.05) is 43.7 Å². The fraction of sp³-hybridized carbons (Fsp3) is 0.594. The fourth-order valence-corrected chi connectivity index (χ4v) is 8.67. The van der Waals surface area contributed by atoms with Crippen LogP contribution in [0.15, 0.2) is 54.6 Å². The molecule has 2 aliphatic carbocycles. The van der Waals surface area contributed by atoms with Crippen LogP contribution in [0.2, 0.25) is 5.02 Å². The molecule has 3 heterocycles. The Morgan fingerprint density at radius 1 is 1.00 bits per heavy atom. The van der Waals surface area contributed by atoms with Crippen molar-refractivity contribution in [3.8, 4) is 0 Å². The minimum atomic E-state index is -0.00462. The van der Waals surface area contributed by atoms with Crippen molar-refractivity contribution in [1.82, 2.24) is 9.80 Å². The van der Waals surface area contributed by atoms with Crippen molar-refractivity contribution in [1.29, 1.82) is 0 Å². The van der Waals surface area contributed by atoms with E-state index in [1.807, 2.05) is 12.1 Å². The highest BCUT2D eigenvalue weighted by Crippen LogP contribution is 2.62. The van der Waals surface area contributed by atoms with Gasteiger partial charge in [0.15, 0.2) is 0 Å². The van der Waals surface area contributed by atoms with Gasteiger partial charge in [0.05, 0.1) is 24.2 Å². The molecule has 7 rings (SSSR count). The number of hydrogen-bond donors (Lipinski definition) is 0. The lowest BCUT2D eigenvalue weighted by Crippen LogP contribution is -2.52. The quantitative estimate of drug-likeness (QED) is 0.370. The van der Waals surface area contributed by atoms with E-state index in [1.165, 1.54) is 30.4 Å². The van der Waals surface area contributed by atoms with Gasteiger partial charge in [-0.1, -0.05) is 61.0 Å². The van der Waals surface area contributed by atoms with Crippen LogP contribution < -0.4 is 0 Å². The van der Waals surface area contributed by atoms with Gasteiger partial charge in [-0.2, -0.15) is 0 Å². The number of carbonyl (C=O) groups excluding carboxylic acids is 1. The number of hydrogen-bond acceptors (Lipinski definition) is 5. The molecule has 3 saturated heterocycles. The van der Waals surface area contributed by atoms with Gasteiger partial charge in [0.25, 0.3) is 0 Å². The number of rotatable bonds is 5. The second-order valence-electron chi connectivity index (χ2n) is 12.8. The maximum absolute atomic E-state index is 13.2. The molecular weight excluding hydrogens is 496 g/mol. The van der Waals surface area contributed by atoms with Crippen LogP contribution >= 0.6 is 11.6 Å². The van der Waals surface area contributed by atoms with E-state index in [9.17, 15) is 4.79 Å². The zero-order valence-corrected chi connectivity index (χ0v) is 23.1. The summed E-state index contributed by atoms with van der Waals surface area (Å²) in [5.74, 6) is 0.947. The molecular formula is C32H39ClN2O3. The summed E-state index contributed by atoms with van der Waals surface area (Å²) in [6, 6.07) is 19.2. The number of fused-ring (bicyclic) bond motifs is 3. The molecule has 5 nitrogen and oxygen atoms in total. The Kier molecular flexibility index (Phi) is 6.35. The van der Waals surface area contributed by atoms with E-state index in [0.717, 1.165) is 57.2 Å². The van der Waals surface area contributed by atoms with Gasteiger partial charge < -0.3 is 9.47 Å². The molecule has 38 heavy (non-hydrogen) atoms. The van der Waals surface area contributed by atoms with Crippen molar-refractivity contribution in [3.63, 3.8) is 0 Å². The summed E-state index contributed by atoms with van der Waals surface area (Å²) in [6.07, 6.45) is 5.88. The Bertz CT molecular complexity index is 1160. The monoisotopic (exact) mass is 534 g/mol. The van der Waals surface area contributed by atoms with Crippen molar-refractivity contribution in [2.75, 3.05) is 39.3 Å². The number of epoxide rings is 1. The number of ether oxygens (including phenoxy) is 2. The van der Waals surface area contributed by atoms with E-state index in [-0.39, 0.29) is 35.0 Å². The number of benzene rings is 2.